The predicted octanol–water partition coefficient (Wildman–Crippen LogP) is 2.40. The van der Waals surface area contributed by atoms with E-state index >= 15 is 0 Å². The van der Waals surface area contributed by atoms with Crippen LogP contribution in [-0.4, -0.2) is 25.5 Å². The second-order valence-corrected chi connectivity index (χ2v) is 9.11. The van der Waals surface area contributed by atoms with Crippen LogP contribution in [0.25, 0.3) is 0 Å². The summed E-state index contributed by atoms with van der Waals surface area (Å²) >= 11 is 0. The number of aryl methyl sites for hydroxylation is 1. The molecular weight excluding hydrogens is 270 g/mol. The molecule has 5 heteroatoms. The van der Waals surface area contributed by atoms with Crippen molar-refractivity contribution in [2.24, 2.45) is 5.92 Å². The summed E-state index contributed by atoms with van der Waals surface area (Å²) in [7, 11) is -0.927. The second-order valence-electron chi connectivity index (χ2n) is 7.61. The van der Waals surface area contributed by atoms with E-state index in [4.69, 9.17) is 4.98 Å². The van der Waals surface area contributed by atoms with Crippen molar-refractivity contribution in [3.8, 4) is 0 Å². The van der Waals surface area contributed by atoms with Crippen LogP contribution in [0.15, 0.2) is 4.90 Å². The lowest BCUT2D eigenvalue weighted by atomic mass is 9.50. The van der Waals surface area contributed by atoms with Gasteiger partial charge < -0.3 is 5.32 Å². The zero-order chi connectivity index (χ0) is 14.1. The summed E-state index contributed by atoms with van der Waals surface area (Å²) in [4.78, 5) is 10.3. The lowest BCUT2D eigenvalue weighted by molar-refractivity contribution is 0.00154. The molecule has 5 rings (SSSR count). The fourth-order valence-corrected chi connectivity index (χ4v) is 4.81. The van der Waals surface area contributed by atoms with E-state index in [1.165, 1.54) is 19.3 Å². The van der Waals surface area contributed by atoms with Crippen LogP contribution in [0.2, 0.25) is 0 Å². The number of nitrogens with one attached hydrogen (secondary N) is 1. The minimum atomic E-state index is -0.927. The van der Waals surface area contributed by atoms with Gasteiger partial charge in [-0.2, -0.15) is 0 Å². The maximum atomic E-state index is 12.2. The third-order valence-corrected chi connectivity index (χ3v) is 6.24. The molecule has 1 aromatic rings. The molecule has 3 aliphatic carbocycles. The summed E-state index contributed by atoms with van der Waals surface area (Å²) in [5.41, 5.74) is 1.18. The highest BCUT2D eigenvalue weighted by Crippen LogP contribution is 2.58. The van der Waals surface area contributed by atoms with Crippen molar-refractivity contribution in [3.63, 3.8) is 0 Å². The summed E-state index contributed by atoms with van der Waals surface area (Å²) in [6.45, 7) is 6.39. The van der Waals surface area contributed by atoms with Crippen molar-refractivity contribution in [3.05, 3.63) is 11.5 Å². The molecule has 0 amide bonds. The fourth-order valence-electron chi connectivity index (χ4n) is 3.50. The molecule has 0 spiro atoms. The topological polar surface area (TPSA) is 54.9 Å². The highest BCUT2D eigenvalue weighted by atomic mass is 32.2. The van der Waals surface area contributed by atoms with Gasteiger partial charge in [-0.3, -0.25) is 4.21 Å². The minimum Gasteiger partial charge on any atom is -0.363 e. The Morgan fingerprint density at radius 1 is 1.25 bits per heavy atom. The van der Waals surface area contributed by atoms with Crippen LogP contribution in [0.4, 0.5) is 5.82 Å². The molecule has 3 saturated carbocycles. The summed E-state index contributed by atoms with van der Waals surface area (Å²) in [5.74, 6) is 3.34. The minimum absolute atomic E-state index is 0.0744. The normalized spacial score (nSPS) is 34.1. The van der Waals surface area contributed by atoms with E-state index in [9.17, 15) is 4.21 Å². The van der Waals surface area contributed by atoms with Crippen LogP contribution < -0.4 is 5.32 Å². The highest BCUT2D eigenvalue weighted by Gasteiger charge is 2.57. The van der Waals surface area contributed by atoms with E-state index < -0.39 is 10.8 Å². The Kier molecular flexibility index (Phi) is 2.43. The number of fused-ring (bicyclic) bond motifs is 1. The van der Waals surface area contributed by atoms with Crippen molar-refractivity contribution in [1.29, 1.82) is 0 Å². The summed E-state index contributed by atoms with van der Waals surface area (Å²) in [5, 5.41) is 3.62. The molecule has 2 heterocycles. The molecule has 0 aromatic carbocycles. The van der Waals surface area contributed by atoms with Gasteiger partial charge in [0.2, 0.25) is 0 Å². The molecule has 1 unspecified atom stereocenters. The van der Waals surface area contributed by atoms with Crippen LogP contribution in [0.5, 0.6) is 0 Å². The maximum Gasteiger partial charge on any atom is 0.146 e. The Morgan fingerprint density at radius 3 is 2.50 bits per heavy atom. The van der Waals surface area contributed by atoms with Crippen LogP contribution in [-0.2, 0) is 22.6 Å². The van der Waals surface area contributed by atoms with Gasteiger partial charge in [-0.1, -0.05) is 20.8 Å². The zero-order valence-corrected chi connectivity index (χ0v) is 13.1. The summed E-state index contributed by atoms with van der Waals surface area (Å²) in [6, 6.07) is 0. The van der Waals surface area contributed by atoms with Gasteiger partial charge in [0.1, 0.15) is 16.5 Å². The maximum absolute atomic E-state index is 12.2. The van der Waals surface area contributed by atoms with E-state index in [0.29, 0.717) is 5.75 Å². The van der Waals surface area contributed by atoms with Crippen molar-refractivity contribution in [2.75, 3.05) is 11.1 Å². The van der Waals surface area contributed by atoms with Crippen molar-refractivity contribution >= 4 is 16.6 Å². The van der Waals surface area contributed by atoms with Gasteiger partial charge in [-0.05, 0) is 25.2 Å². The average Bonchev–Trinajstić information content (AvgIpc) is 2.63. The molecule has 0 saturated heterocycles. The fraction of sp³-hybridized carbons (Fsp3) is 0.733. The number of hydrogen-bond donors (Lipinski definition) is 1. The van der Waals surface area contributed by atoms with Crippen LogP contribution in [0.1, 0.15) is 51.6 Å². The van der Waals surface area contributed by atoms with Crippen molar-refractivity contribution in [1.82, 2.24) is 9.97 Å². The van der Waals surface area contributed by atoms with Gasteiger partial charge in [-0.25, -0.2) is 9.97 Å². The first kappa shape index (κ1) is 12.7. The SMILES string of the molecule is CC(C)(C)c1nc2c(c(NC34CC(C3)C4)n1)S(=O)CC2. The van der Waals surface area contributed by atoms with Crippen LogP contribution in [0, 0.1) is 5.92 Å². The molecule has 108 valence electrons. The van der Waals surface area contributed by atoms with Crippen molar-refractivity contribution < 1.29 is 4.21 Å². The van der Waals surface area contributed by atoms with Crippen molar-refractivity contribution in [2.45, 2.75) is 62.3 Å². The molecule has 1 atom stereocenters. The Balaban J connectivity index is 1.78. The largest absolute Gasteiger partial charge is 0.363 e. The summed E-state index contributed by atoms with van der Waals surface area (Å²) < 4.78 is 12.2. The molecule has 3 fully saturated rings. The lowest BCUT2D eigenvalue weighted by Crippen LogP contribution is -2.63. The summed E-state index contributed by atoms with van der Waals surface area (Å²) in [6.07, 6.45) is 4.58. The first-order valence-corrected chi connectivity index (χ1v) is 8.76. The van der Waals surface area contributed by atoms with Gasteiger partial charge in [0.15, 0.2) is 0 Å². The third kappa shape index (κ3) is 1.75. The van der Waals surface area contributed by atoms with Gasteiger partial charge in [0.05, 0.1) is 16.5 Å². The Labute approximate surface area is 122 Å². The highest BCUT2D eigenvalue weighted by molar-refractivity contribution is 7.85. The molecule has 0 radical (unpaired) electrons. The first-order chi connectivity index (χ1) is 9.36. The van der Waals surface area contributed by atoms with Crippen LogP contribution in [0.3, 0.4) is 0 Å². The standard InChI is InChI=1S/C15H21N3OS/c1-14(2,3)13-16-10-4-5-20(19)11(10)12(17-13)18-15-6-9(7-15)8-15/h9H,4-8H2,1-3H3,(H,16,17,18). The monoisotopic (exact) mass is 291 g/mol. The average molecular weight is 291 g/mol. The molecule has 1 aliphatic heterocycles. The number of nitrogens with zero attached hydrogens (tertiary/aromatic N) is 2. The van der Waals surface area contributed by atoms with Gasteiger partial charge in [0.25, 0.3) is 0 Å². The second kappa shape index (κ2) is 3.81. The quantitative estimate of drug-likeness (QED) is 0.909. The van der Waals surface area contributed by atoms with E-state index in [2.05, 4.69) is 31.1 Å². The Morgan fingerprint density at radius 2 is 1.95 bits per heavy atom. The van der Waals surface area contributed by atoms with Gasteiger partial charge in [0, 0.05) is 23.1 Å². The molecule has 20 heavy (non-hydrogen) atoms. The van der Waals surface area contributed by atoms with E-state index in [1.54, 1.807) is 0 Å². The number of hydrogen-bond acceptors (Lipinski definition) is 4. The number of anilines is 1. The van der Waals surface area contributed by atoms with E-state index in [0.717, 1.165) is 34.6 Å². The molecule has 4 aliphatic rings. The van der Waals surface area contributed by atoms with Crippen LogP contribution >= 0.6 is 0 Å². The Bertz CT molecular complexity index is 603. The lowest BCUT2D eigenvalue weighted by Gasteiger charge is -2.62. The number of rotatable bonds is 2. The molecule has 2 bridgehead atoms. The predicted molar refractivity (Wildman–Crippen MR) is 79.4 cm³/mol. The first-order valence-electron chi connectivity index (χ1n) is 7.44. The molecule has 1 aromatic heterocycles. The molecule has 1 N–H and O–H groups in total. The van der Waals surface area contributed by atoms with Gasteiger partial charge >= 0.3 is 0 Å². The smallest absolute Gasteiger partial charge is 0.146 e. The zero-order valence-electron chi connectivity index (χ0n) is 12.3. The number of aromatic nitrogens is 2. The molecular formula is C15H21N3OS. The molecule has 4 nitrogen and oxygen atoms in total. The Hall–Kier alpha value is -0.970. The third-order valence-electron chi connectivity index (χ3n) is 4.78. The van der Waals surface area contributed by atoms with Gasteiger partial charge in [-0.15, -0.1) is 0 Å². The van der Waals surface area contributed by atoms with E-state index in [-0.39, 0.29) is 11.0 Å². The van der Waals surface area contributed by atoms with E-state index in [1.807, 2.05) is 0 Å².